The molecule has 0 aliphatic heterocycles. The summed E-state index contributed by atoms with van der Waals surface area (Å²) in [7, 11) is 1.92. The Hall–Kier alpha value is -2.63. The van der Waals surface area contributed by atoms with E-state index in [-0.39, 0.29) is 18.2 Å². The van der Waals surface area contributed by atoms with E-state index in [0.29, 0.717) is 19.4 Å². The molecule has 0 spiro atoms. The highest BCUT2D eigenvalue weighted by molar-refractivity contribution is 5.88. The molecule has 25 heavy (non-hydrogen) atoms. The smallest absolute Gasteiger partial charge is 0.242 e. The van der Waals surface area contributed by atoms with E-state index in [2.05, 4.69) is 15.6 Å². The summed E-state index contributed by atoms with van der Waals surface area (Å²) in [5.74, 6) is -0.267. The minimum absolute atomic E-state index is 0.133. The van der Waals surface area contributed by atoms with Crippen molar-refractivity contribution in [2.75, 3.05) is 6.54 Å². The van der Waals surface area contributed by atoms with Crippen LogP contribution in [0.15, 0.2) is 42.9 Å². The zero-order chi connectivity index (χ0) is 18.1. The second kappa shape index (κ2) is 9.61. The molecule has 2 rings (SSSR count). The van der Waals surface area contributed by atoms with Gasteiger partial charge >= 0.3 is 0 Å². The van der Waals surface area contributed by atoms with E-state index in [1.165, 1.54) is 0 Å². The van der Waals surface area contributed by atoms with Crippen molar-refractivity contribution < 1.29 is 9.59 Å². The van der Waals surface area contributed by atoms with Crippen molar-refractivity contribution in [1.29, 1.82) is 0 Å². The Kier molecular flexibility index (Phi) is 7.19. The lowest BCUT2D eigenvalue weighted by Crippen LogP contribution is -2.47. The first-order valence-corrected chi connectivity index (χ1v) is 8.66. The summed E-state index contributed by atoms with van der Waals surface area (Å²) in [6.07, 6.45) is 5.96. The van der Waals surface area contributed by atoms with Crippen molar-refractivity contribution in [1.82, 2.24) is 20.2 Å². The first kappa shape index (κ1) is 18.7. The summed E-state index contributed by atoms with van der Waals surface area (Å²) in [6, 6.07) is 9.03. The van der Waals surface area contributed by atoms with Crippen LogP contribution in [0.2, 0.25) is 0 Å². The molecule has 134 valence electrons. The van der Waals surface area contributed by atoms with Gasteiger partial charge in [-0.2, -0.15) is 0 Å². The number of nitrogens with zero attached hydrogens (tertiary/aromatic N) is 2. The minimum Gasteiger partial charge on any atom is -0.354 e. The van der Waals surface area contributed by atoms with Gasteiger partial charge in [-0.25, -0.2) is 4.98 Å². The van der Waals surface area contributed by atoms with E-state index < -0.39 is 6.04 Å². The lowest BCUT2D eigenvalue weighted by atomic mass is 10.1. The third kappa shape index (κ3) is 6.06. The summed E-state index contributed by atoms with van der Waals surface area (Å²) in [6.45, 7) is 2.52. The molecule has 0 saturated carbocycles. The Bertz CT molecular complexity index is 682. The molecule has 1 aromatic heterocycles. The average Bonchev–Trinajstić information content (AvgIpc) is 3.00. The number of benzene rings is 1. The van der Waals surface area contributed by atoms with Gasteiger partial charge in [0.2, 0.25) is 11.8 Å². The van der Waals surface area contributed by atoms with Crippen molar-refractivity contribution in [2.45, 2.75) is 38.6 Å². The first-order chi connectivity index (χ1) is 12.1. The third-order valence-electron chi connectivity index (χ3n) is 4.03. The first-order valence-electron chi connectivity index (χ1n) is 8.66. The fraction of sp³-hybridized carbons (Fsp3) is 0.421. The molecule has 0 aliphatic carbocycles. The number of carbonyl (C=O) groups excluding carboxylic acids is 2. The number of carbonyl (C=O) groups is 2. The Labute approximate surface area is 148 Å². The molecule has 0 saturated heterocycles. The predicted molar refractivity (Wildman–Crippen MR) is 96.9 cm³/mol. The van der Waals surface area contributed by atoms with Crippen LogP contribution in [0.1, 0.15) is 31.0 Å². The number of rotatable bonds is 9. The standard InChI is InChI=1S/C19H26N4O2/c1-3-7-17(22-18(24)12-15-8-5-4-6-9-15)19(25)21-11-10-16-13-20-14-23(16)2/h4-6,8-9,13-14,17H,3,7,10-12H2,1-2H3,(H,21,25)(H,22,24). The molecule has 1 unspecified atom stereocenters. The maximum absolute atomic E-state index is 12.4. The van der Waals surface area contributed by atoms with Gasteiger partial charge < -0.3 is 15.2 Å². The molecule has 0 fully saturated rings. The maximum atomic E-state index is 12.4. The molecule has 2 amide bonds. The SMILES string of the molecule is CCCC(NC(=O)Cc1ccccc1)C(=O)NCCc1cncn1C. The maximum Gasteiger partial charge on any atom is 0.242 e. The van der Waals surface area contributed by atoms with Crippen molar-refractivity contribution in [2.24, 2.45) is 7.05 Å². The van der Waals surface area contributed by atoms with Crippen LogP contribution in [0.5, 0.6) is 0 Å². The van der Waals surface area contributed by atoms with Gasteiger partial charge in [0.1, 0.15) is 6.04 Å². The minimum atomic E-state index is -0.493. The Morgan fingerprint density at radius 3 is 2.64 bits per heavy atom. The van der Waals surface area contributed by atoms with E-state index in [0.717, 1.165) is 17.7 Å². The number of hydrogen-bond acceptors (Lipinski definition) is 3. The Morgan fingerprint density at radius 2 is 2.00 bits per heavy atom. The van der Waals surface area contributed by atoms with Gasteiger partial charge in [0, 0.05) is 31.9 Å². The van der Waals surface area contributed by atoms with E-state index in [1.807, 2.05) is 48.9 Å². The molecule has 2 aromatic rings. The summed E-state index contributed by atoms with van der Waals surface area (Å²) < 4.78 is 1.93. The van der Waals surface area contributed by atoms with Crippen molar-refractivity contribution >= 4 is 11.8 Å². The zero-order valence-electron chi connectivity index (χ0n) is 14.9. The number of nitrogens with one attached hydrogen (secondary N) is 2. The largest absolute Gasteiger partial charge is 0.354 e. The second-order valence-corrected chi connectivity index (χ2v) is 6.11. The van der Waals surface area contributed by atoms with E-state index in [1.54, 1.807) is 12.5 Å². The predicted octanol–water partition coefficient (Wildman–Crippen LogP) is 1.61. The third-order valence-corrected chi connectivity index (χ3v) is 4.03. The molecule has 0 radical (unpaired) electrons. The molecule has 2 N–H and O–H groups in total. The van der Waals surface area contributed by atoms with Crippen LogP contribution in [0.4, 0.5) is 0 Å². The normalized spacial score (nSPS) is 11.8. The second-order valence-electron chi connectivity index (χ2n) is 6.11. The van der Waals surface area contributed by atoms with Crippen molar-refractivity contribution in [3.05, 3.63) is 54.1 Å². The van der Waals surface area contributed by atoms with Crippen LogP contribution in [-0.2, 0) is 29.5 Å². The number of hydrogen-bond donors (Lipinski definition) is 2. The topological polar surface area (TPSA) is 76.0 Å². The summed E-state index contributed by atoms with van der Waals surface area (Å²) in [5.41, 5.74) is 1.99. The number of aryl methyl sites for hydroxylation is 1. The number of aromatic nitrogens is 2. The highest BCUT2D eigenvalue weighted by Crippen LogP contribution is 2.02. The van der Waals surface area contributed by atoms with Crippen LogP contribution in [0.25, 0.3) is 0 Å². The van der Waals surface area contributed by atoms with Crippen molar-refractivity contribution in [3.63, 3.8) is 0 Å². The van der Waals surface area contributed by atoms with Crippen LogP contribution >= 0.6 is 0 Å². The monoisotopic (exact) mass is 342 g/mol. The molecular weight excluding hydrogens is 316 g/mol. The van der Waals surface area contributed by atoms with E-state index >= 15 is 0 Å². The highest BCUT2D eigenvalue weighted by Gasteiger charge is 2.19. The van der Waals surface area contributed by atoms with Gasteiger partial charge in [-0.05, 0) is 12.0 Å². The quantitative estimate of drug-likeness (QED) is 0.727. The summed E-state index contributed by atoms with van der Waals surface area (Å²) in [4.78, 5) is 28.6. The molecule has 6 nitrogen and oxygen atoms in total. The average molecular weight is 342 g/mol. The van der Waals surface area contributed by atoms with Gasteiger partial charge in [-0.1, -0.05) is 43.7 Å². The van der Waals surface area contributed by atoms with Gasteiger partial charge in [-0.3, -0.25) is 9.59 Å². The summed E-state index contributed by atoms with van der Waals surface area (Å²) in [5, 5.41) is 5.76. The highest BCUT2D eigenvalue weighted by atomic mass is 16.2. The lowest BCUT2D eigenvalue weighted by molar-refractivity contribution is -0.128. The summed E-state index contributed by atoms with van der Waals surface area (Å²) >= 11 is 0. The van der Waals surface area contributed by atoms with Crippen molar-refractivity contribution in [3.8, 4) is 0 Å². The van der Waals surface area contributed by atoms with Crippen LogP contribution in [-0.4, -0.2) is 34.0 Å². The molecule has 1 atom stereocenters. The zero-order valence-corrected chi connectivity index (χ0v) is 14.9. The molecule has 1 aromatic carbocycles. The number of imidazole rings is 1. The Balaban J connectivity index is 1.82. The molecule has 0 bridgehead atoms. The molecule has 0 aliphatic rings. The molecular formula is C19H26N4O2. The van der Waals surface area contributed by atoms with Gasteiger partial charge in [0.05, 0.1) is 12.7 Å². The number of amides is 2. The van der Waals surface area contributed by atoms with Gasteiger partial charge in [0.25, 0.3) is 0 Å². The van der Waals surface area contributed by atoms with Crippen LogP contribution in [0.3, 0.4) is 0 Å². The molecule has 6 heteroatoms. The fourth-order valence-corrected chi connectivity index (χ4v) is 2.65. The van der Waals surface area contributed by atoms with E-state index in [9.17, 15) is 9.59 Å². The van der Waals surface area contributed by atoms with Crippen LogP contribution in [0, 0.1) is 0 Å². The molecule has 1 heterocycles. The van der Waals surface area contributed by atoms with Crippen LogP contribution < -0.4 is 10.6 Å². The van der Waals surface area contributed by atoms with Gasteiger partial charge in [-0.15, -0.1) is 0 Å². The fourth-order valence-electron chi connectivity index (χ4n) is 2.65. The van der Waals surface area contributed by atoms with Gasteiger partial charge in [0.15, 0.2) is 0 Å². The Morgan fingerprint density at radius 1 is 1.24 bits per heavy atom. The van der Waals surface area contributed by atoms with E-state index in [4.69, 9.17) is 0 Å². The lowest BCUT2D eigenvalue weighted by Gasteiger charge is -2.18.